The summed E-state index contributed by atoms with van der Waals surface area (Å²) in [5.41, 5.74) is -0.942. The van der Waals surface area contributed by atoms with Crippen molar-refractivity contribution in [3.8, 4) is 0 Å². The average molecular weight is 619 g/mol. The van der Waals surface area contributed by atoms with Gasteiger partial charge in [0.1, 0.15) is 25.0 Å². The van der Waals surface area contributed by atoms with Gasteiger partial charge in [0.05, 0.1) is 13.0 Å². The number of nitrogens with one attached hydrogen (secondary N) is 2. The van der Waals surface area contributed by atoms with Crippen LogP contribution in [0.1, 0.15) is 103 Å². The fourth-order valence-corrected chi connectivity index (χ4v) is 5.44. The van der Waals surface area contributed by atoms with E-state index in [4.69, 9.17) is 13.9 Å². The van der Waals surface area contributed by atoms with Gasteiger partial charge in [0.2, 0.25) is 17.7 Å². The number of amides is 2. The average Bonchev–Trinajstić information content (AvgIpc) is 3.60. The maximum Gasteiger partial charge on any atom is 0.329 e. The molecule has 11 nitrogen and oxygen atoms in total. The lowest BCUT2D eigenvalue weighted by Crippen LogP contribution is -2.53. The number of aromatic nitrogens is 1. The highest BCUT2D eigenvalue weighted by Crippen LogP contribution is 2.23. The highest BCUT2D eigenvalue weighted by atomic mass is 32.2. The van der Waals surface area contributed by atoms with Crippen molar-refractivity contribution in [1.82, 2.24) is 15.6 Å². The summed E-state index contributed by atoms with van der Waals surface area (Å²) < 4.78 is 16.8. The fraction of sp³-hybridized carbons (Fsp3) is 0.677. The molecule has 3 rings (SSSR count). The largest absolute Gasteiger partial charge is 0.473 e. The van der Waals surface area contributed by atoms with Crippen molar-refractivity contribution < 1.29 is 33.1 Å². The second-order valence-corrected chi connectivity index (χ2v) is 12.7. The van der Waals surface area contributed by atoms with Crippen LogP contribution in [0.2, 0.25) is 0 Å². The molecule has 2 N–H and O–H groups in total. The van der Waals surface area contributed by atoms with Gasteiger partial charge in [-0.15, -0.1) is 0 Å². The Balaban J connectivity index is 1.58. The van der Waals surface area contributed by atoms with E-state index in [1.165, 1.54) is 37.3 Å². The number of unbranched alkanes of at least 4 members (excludes halogenated alkanes) is 6. The van der Waals surface area contributed by atoms with Crippen LogP contribution in [-0.4, -0.2) is 63.8 Å². The fourth-order valence-electron chi connectivity index (χ4n) is 4.57. The zero-order valence-electron chi connectivity index (χ0n) is 25.8. The number of hydrogen-bond acceptors (Lipinski definition) is 10. The molecule has 0 aliphatic carbocycles. The van der Waals surface area contributed by atoms with Crippen LogP contribution in [0, 0.1) is 5.92 Å². The van der Waals surface area contributed by atoms with Crippen molar-refractivity contribution >= 4 is 40.6 Å². The topological polar surface area (TPSA) is 149 Å². The third-order valence-corrected chi connectivity index (χ3v) is 8.28. The van der Waals surface area contributed by atoms with E-state index in [1.807, 2.05) is 6.08 Å². The first-order chi connectivity index (χ1) is 20.6. The van der Waals surface area contributed by atoms with Crippen LogP contribution >= 0.6 is 11.8 Å². The molecule has 0 saturated heterocycles. The molecule has 0 spiro atoms. The van der Waals surface area contributed by atoms with Crippen molar-refractivity contribution in [2.75, 3.05) is 12.4 Å². The molecule has 12 heteroatoms. The molecule has 3 atom stereocenters. The third kappa shape index (κ3) is 11.1. The molecule has 2 unspecified atom stereocenters. The summed E-state index contributed by atoms with van der Waals surface area (Å²) in [6.45, 7) is 7.41. The van der Waals surface area contributed by atoms with Crippen molar-refractivity contribution in [3.63, 3.8) is 0 Å². The normalized spacial score (nSPS) is 23.1. The number of allylic oxidation sites excluding steroid dienone is 1. The SMILES string of the molecule is CCCCCCCC(=O)SCCCC/C=C/C1CC(=O)NCc2nc(co2)C2=N[C@@](C)(CO2)C(=O)NC(C(C)C)C(=O)O1. The number of fused-ring (bicyclic) bond motifs is 4. The van der Waals surface area contributed by atoms with Gasteiger partial charge < -0.3 is 24.5 Å². The summed E-state index contributed by atoms with van der Waals surface area (Å²) in [5.74, 6) is -0.573. The Kier molecular flexibility index (Phi) is 13.8. The number of carbonyl (C=O) groups is 4. The highest BCUT2D eigenvalue weighted by Gasteiger charge is 2.43. The van der Waals surface area contributed by atoms with E-state index in [2.05, 4.69) is 27.5 Å². The minimum atomic E-state index is -1.26. The lowest BCUT2D eigenvalue weighted by molar-refractivity contribution is -0.153. The number of ether oxygens (including phenoxy) is 2. The van der Waals surface area contributed by atoms with Crippen LogP contribution in [0.5, 0.6) is 0 Å². The molecule has 1 aromatic heterocycles. The van der Waals surface area contributed by atoms with Crippen molar-refractivity contribution in [2.24, 2.45) is 10.9 Å². The standard InChI is InChI=1S/C31H46N4O7S/c1-5-6-7-8-12-15-26(37)43-16-13-10-9-11-14-22-17-24(36)32-18-25-33-23(19-40-25)28-35-31(4,20-41-28)30(39)34-27(21(2)3)29(38)42-22/h11,14,19,21-22,27H,5-10,12-13,15-18,20H2,1-4H3,(H,32,36)(H,34,39)/b14-11+/t22?,27?,31-/m0/s1. The summed E-state index contributed by atoms with van der Waals surface area (Å²) in [4.78, 5) is 60.0. The molecule has 43 heavy (non-hydrogen) atoms. The van der Waals surface area contributed by atoms with E-state index < -0.39 is 29.6 Å². The van der Waals surface area contributed by atoms with Gasteiger partial charge >= 0.3 is 5.97 Å². The predicted octanol–water partition coefficient (Wildman–Crippen LogP) is 4.63. The second kappa shape index (κ2) is 17.2. The number of cyclic esters (lactones) is 1. The van der Waals surface area contributed by atoms with E-state index in [-0.39, 0.29) is 48.3 Å². The number of nitrogens with zero attached hydrogens (tertiary/aromatic N) is 2. The molecule has 0 saturated carbocycles. The van der Waals surface area contributed by atoms with Crippen LogP contribution < -0.4 is 10.6 Å². The van der Waals surface area contributed by atoms with Crippen LogP contribution in [0.4, 0.5) is 0 Å². The minimum Gasteiger partial charge on any atom is -0.473 e. The van der Waals surface area contributed by atoms with Crippen LogP contribution in [0.15, 0.2) is 27.8 Å². The molecule has 0 aromatic carbocycles. The summed E-state index contributed by atoms with van der Waals surface area (Å²) >= 11 is 1.40. The number of rotatable bonds is 13. The Morgan fingerprint density at radius 2 is 1.95 bits per heavy atom. The van der Waals surface area contributed by atoms with E-state index in [1.54, 1.807) is 26.8 Å². The Hall–Kier alpha value is -3.15. The second-order valence-electron chi connectivity index (χ2n) is 11.6. The zero-order chi connectivity index (χ0) is 31.2. The highest BCUT2D eigenvalue weighted by molar-refractivity contribution is 8.13. The Bertz CT molecular complexity index is 1160. The number of oxazole rings is 1. The van der Waals surface area contributed by atoms with Gasteiger partial charge in [0.25, 0.3) is 5.91 Å². The zero-order valence-corrected chi connectivity index (χ0v) is 26.6. The van der Waals surface area contributed by atoms with Crippen molar-refractivity contribution in [3.05, 3.63) is 30.0 Å². The summed E-state index contributed by atoms with van der Waals surface area (Å²) in [7, 11) is 0. The van der Waals surface area contributed by atoms with Crippen LogP contribution in [-0.2, 0) is 35.2 Å². The minimum absolute atomic E-state index is 0.0238. The summed E-state index contributed by atoms with van der Waals surface area (Å²) in [6.07, 6.45) is 12.8. The lowest BCUT2D eigenvalue weighted by Gasteiger charge is -2.26. The van der Waals surface area contributed by atoms with Crippen LogP contribution in [0.3, 0.4) is 0 Å². The van der Waals surface area contributed by atoms with Gasteiger partial charge in [-0.05, 0) is 44.6 Å². The van der Waals surface area contributed by atoms with Gasteiger partial charge in [-0.25, -0.2) is 14.8 Å². The number of esters is 1. The molecule has 0 radical (unpaired) electrons. The number of hydrogen-bond donors (Lipinski definition) is 2. The lowest BCUT2D eigenvalue weighted by atomic mass is 10.00. The molecule has 2 aliphatic heterocycles. The summed E-state index contributed by atoms with van der Waals surface area (Å²) in [6, 6.07) is -0.949. The molecular formula is C31H46N4O7S. The van der Waals surface area contributed by atoms with Crippen molar-refractivity contribution in [2.45, 2.75) is 116 Å². The molecule has 0 fully saturated rings. The van der Waals surface area contributed by atoms with Crippen LogP contribution in [0.25, 0.3) is 0 Å². The van der Waals surface area contributed by atoms with Gasteiger partial charge in [0.15, 0.2) is 16.3 Å². The predicted molar refractivity (Wildman–Crippen MR) is 164 cm³/mol. The Labute approximate surface area is 258 Å². The molecule has 2 aliphatic rings. The third-order valence-electron chi connectivity index (χ3n) is 7.26. The monoisotopic (exact) mass is 618 g/mol. The van der Waals surface area contributed by atoms with Gasteiger partial charge in [-0.3, -0.25) is 14.4 Å². The van der Waals surface area contributed by atoms with E-state index in [0.29, 0.717) is 18.5 Å². The summed E-state index contributed by atoms with van der Waals surface area (Å²) in [5, 5.41) is 5.77. The molecule has 4 bridgehead atoms. The number of carbonyl (C=O) groups excluding carboxylic acids is 4. The van der Waals surface area contributed by atoms with Crippen molar-refractivity contribution in [1.29, 1.82) is 0 Å². The quantitative estimate of drug-likeness (QED) is 0.183. The van der Waals surface area contributed by atoms with E-state index in [9.17, 15) is 19.2 Å². The molecule has 3 heterocycles. The maximum absolute atomic E-state index is 13.2. The number of thioether (sulfide) groups is 1. The number of aliphatic imine (C=N–C) groups is 1. The Morgan fingerprint density at radius 3 is 2.72 bits per heavy atom. The van der Waals surface area contributed by atoms with E-state index >= 15 is 0 Å². The molecule has 238 valence electrons. The first-order valence-electron chi connectivity index (χ1n) is 15.4. The Morgan fingerprint density at radius 1 is 1.16 bits per heavy atom. The molecule has 2 amide bonds. The van der Waals surface area contributed by atoms with Gasteiger partial charge in [0, 0.05) is 12.2 Å². The maximum atomic E-state index is 13.2. The van der Waals surface area contributed by atoms with Gasteiger partial charge in [-0.2, -0.15) is 0 Å². The van der Waals surface area contributed by atoms with Gasteiger partial charge in [-0.1, -0.05) is 64.3 Å². The first kappa shape index (κ1) is 34.3. The molecule has 1 aromatic rings. The first-order valence-corrected chi connectivity index (χ1v) is 16.4. The van der Waals surface area contributed by atoms with E-state index in [0.717, 1.165) is 31.4 Å². The smallest absolute Gasteiger partial charge is 0.329 e. The molecular weight excluding hydrogens is 572 g/mol.